The highest BCUT2D eigenvalue weighted by Crippen LogP contribution is 2.65. The molecule has 0 atom stereocenters. The number of hydrogen-bond donors (Lipinski definition) is 2. The Hall–Kier alpha value is -1.46. The Morgan fingerprint density at radius 2 is 0.694 bits per heavy atom. The minimum absolute atomic E-state index is 1.88. The molecule has 4 nitrogen and oxygen atoms in total. The van der Waals surface area contributed by atoms with Crippen LogP contribution in [0.4, 0.5) is 83.4 Å². The van der Waals surface area contributed by atoms with Crippen LogP contribution >= 0.6 is 0 Å². The topological polar surface area (TPSA) is 66.4 Å². The SMILES string of the molecule is CNC.O=S(=O)(O)CC(F)(F)C(F)(F)C(F)(F)C(F)(F)C(F)(F)C(F)(F)C(F)(F)C(F)(F)C(F)(F)F. The second-order valence-electron chi connectivity index (χ2n) is 6.45. The van der Waals surface area contributed by atoms with E-state index >= 15 is 0 Å². The van der Waals surface area contributed by atoms with Crippen molar-refractivity contribution >= 4 is 10.1 Å². The molecule has 0 saturated heterocycles. The van der Waals surface area contributed by atoms with Crippen molar-refractivity contribution in [2.75, 3.05) is 19.8 Å². The maximum absolute atomic E-state index is 13.3. The predicted octanol–water partition coefficient (Wildman–Crippen LogP) is 5.35. The summed E-state index contributed by atoms with van der Waals surface area (Å²) in [5, 5.41) is 2.75. The fourth-order valence-electron chi connectivity index (χ4n) is 1.71. The molecule has 2 N–H and O–H groups in total. The van der Waals surface area contributed by atoms with Crippen LogP contribution in [0.15, 0.2) is 0 Å². The first-order chi connectivity index (χ1) is 15.1. The molecule has 0 aromatic carbocycles. The maximum atomic E-state index is 13.3. The maximum Gasteiger partial charge on any atom is 0.460 e. The molecule has 220 valence electrons. The summed E-state index contributed by atoms with van der Waals surface area (Å²) in [7, 11) is -2.83. The Labute approximate surface area is 186 Å². The van der Waals surface area contributed by atoms with Crippen molar-refractivity contribution in [2.45, 2.75) is 53.6 Å². The molecule has 0 amide bonds. The van der Waals surface area contributed by atoms with E-state index < -0.39 is 69.4 Å². The molecule has 0 bridgehead atoms. The summed E-state index contributed by atoms with van der Waals surface area (Å²) in [6, 6.07) is 0. The third-order valence-electron chi connectivity index (χ3n) is 3.55. The summed E-state index contributed by atoms with van der Waals surface area (Å²) in [5.41, 5.74) is 0. The van der Waals surface area contributed by atoms with Gasteiger partial charge in [0.05, 0.1) is 0 Å². The summed E-state index contributed by atoms with van der Waals surface area (Å²) in [5.74, 6) is -72.7. The minimum Gasteiger partial charge on any atom is -0.323 e. The molecule has 0 heterocycles. The molecule has 24 heteroatoms. The molecule has 0 aromatic heterocycles. The van der Waals surface area contributed by atoms with Gasteiger partial charge in [-0.05, 0) is 14.1 Å². The molecular formula is C12H10F19NO3S. The molecule has 0 aliphatic carbocycles. The molecule has 0 unspecified atom stereocenters. The summed E-state index contributed by atoms with van der Waals surface area (Å²) < 4.78 is 273. The quantitative estimate of drug-likeness (QED) is 0.273. The highest BCUT2D eigenvalue weighted by Gasteiger charge is 2.96. The molecule has 0 spiro atoms. The van der Waals surface area contributed by atoms with Crippen LogP contribution in [0.2, 0.25) is 0 Å². The van der Waals surface area contributed by atoms with Gasteiger partial charge < -0.3 is 5.32 Å². The molecule has 0 fully saturated rings. The highest BCUT2D eigenvalue weighted by atomic mass is 32.2. The summed E-state index contributed by atoms with van der Waals surface area (Å²) in [6.45, 7) is 0. The van der Waals surface area contributed by atoms with Crippen LogP contribution in [0, 0.1) is 0 Å². The van der Waals surface area contributed by atoms with E-state index in [-0.39, 0.29) is 0 Å². The van der Waals surface area contributed by atoms with Gasteiger partial charge in [-0.25, -0.2) is 0 Å². The highest BCUT2D eigenvalue weighted by molar-refractivity contribution is 7.85. The summed E-state index contributed by atoms with van der Waals surface area (Å²) in [4.78, 5) is 0. The van der Waals surface area contributed by atoms with Crippen molar-refractivity contribution in [3.8, 4) is 0 Å². The minimum atomic E-state index is -9.08. The zero-order valence-corrected chi connectivity index (χ0v) is 17.4. The van der Waals surface area contributed by atoms with Gasteiger partial charge in [-0.3, -0.25) is 4.55 Å². The van der Waals surface area contributed by atoms with E-state index in [1.165, 1.54) is 0 Å². The first kappa shape index (κ1) is 36.7. The lowest BCUT2D eigenvalue weighted by Crippen LogP contribution is -2.76. The third kappa shape index (κ3) is 5.53. The normalized spacial score (nSPS) is 15.9. The van der Waals surface area contributed by atoms with Crippen LogP contribution in [0.3, 0.4) is 0 Å². The van der Waals surface area contributed by atoms with Crippen molar-refractivity contribution in [2.24, 2.45) is 0 Å². The fraction of sp³-hybridized carbons (Fsp3) is 1.00. The smallest absolute Gasteiger partial charge is 0.323 e. The van der Waals surface area contributed by atoms with Crippen molar-refractivity contribution in [3.05, 3.63) is 0 Å². The Bertz CT molecular complexity index is 863. The van der Waals surface area contributed by atoms with Crippen LogP contribution in [-0.4, -0.2) is 86.4 Å². The van der Waals surface area contributed by atoms with E-state index in [9.17, 15) is 91.8 Å². The fourth-order valence-corrected chi connectivity index (χ4v) is 2.35. The average Bonchev–Trinajstić information content (AvgIpc) is 2.58. The lowest BCUT2D eigenvalue weighted by atomic mass is 9.87. The van der Waals surface area contributed by atoms with Crippen molar-refractivity contribution in [1.82, 2.24) is 5.32 Å². The molecular weight excluding hydrogens is 599 g/mol. The van der Waals surface area contributed by atoms with E-state index in [1.807, 2.05) is 14.1 Å². The zero-order valence-electron chi connectivity index (χ0n) is 16.6. The number of halogens is 19. The zero-order chi connectivity index (χ0) is 30.4. The van der Waals surface area contributed by atoms with Gasteiger partial charge >= 0.3 is 53.6 Å². The van der Waals surface area contributed by atoms with E-state index in [0.717, 1.165) is 0 Å². The van der Waals surface area contributed by atoms with Gasteiger partial charge in [0.2, 0.25) is 0 Å². The molecule has 0 aromatic rings. The van der Waals surface area contributed by atoms with Gasteiger partial charge in [-0.15, -0.1) is 0 Å². The summed E-state index contributed by atoms with van der Waals surface area (Å²) >= 11 is 0. The van der Waals surface area contributed by atoms with E-state index in [4.69, 9.17) is 4.55 Å². The first-order valence-corrected chi connectivity index (χ1v) is 9.36. The Morgan fingerprint density at radius 3 is 0.889 bits per heavy atom. The van der Waals surface area contributed by atoms with Crippen LogP contribution in [0.25, 0.3) is 0 Å². The predicted molar refractivity (Wildman–Crippen MR) is 77.0 cm³/mol. The van der Waals surface area contributed by atoms with Gasteiger partial charge in [-0.1, -0.05) is 0 Å². The Morgan fingerprint density at radius 1 is 0.500 bits per heavy atom. The largest absolute Gasteiger partial charge is 0.460 e. The standard InChI is InChI=1S/C10H3F19O3S.C2H7N/c11-2(12,1-33(30,31)32)3(13,14)4(15,16)5(17,18)6(19,20)7(21,22)8(23,24)9(25,26)10(27,28)29;1-3-2/h1H2,(H,30,31,32);3H,1-2H3. The van der Waals surface area contributed by atoms with Crippen LogP contribution in [0.1, 0.15) is 0 Å². The molecule has 0 aliphatic rings. The van der Waals surface area contributed by atoms with E-state index in [1.54, 1.807) is 0 Å². The molecule has 0 rings (SSSR count). The van der Waals surface area contributed by atoms with Crippen LogP contribution in [0.5, 0.6) is 0 Å². The second-order valence-corrected chi connectivity index (χ2v) is 7.90. The first-order valence-electron chi connectivity index (χ1n) is 7.75. The Kier molecular flexibility index (Phi) is 9.88. The number of nitrogens with one attached hydrogen (secondary N) is 1. The molecule has 0 saturated carbocycles. The average molecular weight is 609 g/mol. The third-order valence-corrected chi connectivity index (χ3v) is 4.27. The van der Waals surface area contributed by atoms with E-state index in [0.29, 0.717) is 0 Å². The van der Waals surface area contributed by atoms with Gasteiger partial charge in [0, 0.05) is 0 Å². The lowest BCUT2D eigenvalue weighted by molar-refractivity contribution is -0.468. The van der Waals surface area contributed by atoms with Gasteiger partial charge in [0.15, 0.2) is 0 Å². The molecule has 0 radical (unpaired) electrons. The van der Waals surface area contributed by atoms with Gasteiger partial charge in [0.25, 0.3) is 10.1 Å². The van der Waals surface area contributed by atoms with E-state index in [2.05, 4.69) is 5.32 Å². The molecule has 36 heavy (non-hydrogen) atoms. The van der Waals surface area contributed by atoms with Gasteiger partial charge in [0.1, 0.15) is 5.75 Å². The van der Waals surface area contributed by atoms with Crippen LogP contribution in [-0.2, 0) is 10.1 Å². The van der Waals surface area contributed by atoms with Crippen molar-refractivity contribution < 1.29 is 96.4 Å². The Balaban J connectivity index is 0. The van der Waals surface area contributed by atoms with Gasteiger partial charge in [-0.2, -0.15) is 91.8 Å². The monoisotopic (exact) mass is 609 g/mol. The number of alkyl halides is 19. The number of hydrogen-bond acceptors (Lipinski definition) is 3. The second kappa shape index (κ2) is 9.69. The lowest BCUT2D eigenvalue weighted by Gasteiger charge is -2.43. The number of rotatable bonds is 9. The van der Waals surface area contributed by atoms with Crippen molar-refractivity contribution in [1.29, 1.82) is 0 Å². The van der Waals surface area contributed by atoms with Crippen LogP contribution < -0.4 is 5.32 Å². The molecule has 0 aliphatic heterocycles. The summed E-state index contributed by atoms with van der Waals surface area (Å²) in [6.07, 6.45) is -7.97. The van der Waals surface area contributed by atoms with Crippen molar-refractivity contribution in [3.63, 3.8) is 0 Å².